The van der Waals surface area contributed by atoms with Crippen LogP contribution in [0.3, 0.4) is 0 Å². The minimum absolute atomic E-state index is 0.478. The Labute approximate surface area is 94.1 Å². The number of anilines is 1. The Kier molecular flexibility index (Phi) is 2.72. The lowest BCUT2D eigenvalue weighted by atomic mass is 10.1. The van der Waals surface area contributed by atoms with Gasteiger partial charge in [-0.25, -0.2) is 4.98 Å². The molecule has 0 atom stereocenters. The Morgan fingerprint density at radius 2 is 1.81 bits per heavy atom. The molecule has 82 valence electrons. The number of hydrogen-bond donors (Lipinski definition) is 1. The molecule has 1 heterocycles. The second-order valence-electron chi connectivity index (χ2n) is 3.62. The van der Waals surface area contributed by atoms with E-state index in [9.17, 15) is 0 Å². The van der Waals surface area contributed by atoms with E-state index in [1.807, 2.05) is 26.0 Å². The molecular formula is C12H13N3O. The molecule has 0 unspecified atom stereocenters. The molecule has 0 amide bonds. The second kappa shape index (κ2) is 4.18. The minimum atomic E-state index is 0.478. The maximum Gasteiger partial charge on any atom is 0.237 e. The van der Waals surface area contributed by atoms with Gasteiger partial charge in [-0.15, -0.1) is 0 Å². The highest BCUT2D eigenvalue weighted by Crippen LogP contribution is 2.26. The summed E-state index contributed by atoms with van der Waals surface area (Å²) in [7, 11) is 0. The number of nitrogens with zero attached hydrogens (tertiary/aromatic N) is 2. The summed E-state index contributed by atoms with van der Waals surface area (Å²) in [5.74, 6) is 1.20. The average molecular weight is 215 g/mol. The standard InChI is InChI=1S/C12H13N3O/c1-8-5-10(6-9(2)12(8)13)16-11-7-14-3-4-15-11/h3-7H,13H2,1-2H3. The fourth-order valence-corrected chi connectivity index (χ4v) is 1.45. The highest BCUT2D eigenvalue weighted by molar-refractivity contribution is 5.56. The predicted molar refractivity (Wildman–Crippen MR) is 62.4 cm³/mol. The molecule has 0 fully saturated rings. The molecule has 0 bridgehead atoms. The van der Waals surface area contributed by atoms with Crippen molar-refractivity contribution in [2.45, 2.75) is 13.8 Å². The Hall–Kier alpha value is -2.10. The van der Waals surface area contributed by atoms with Crippen molar-refractivity contribution in [1.82, 2.24) is 9.97 Å². The van der Waals surface area contributed by atoms with Gasteiger partial charge in [0.05, 0.1) is 6.20 Å². The SMILES string of the molecule is Cc1cc(Oc2cnccn2)cc(C)c1N. The van der Waals surface area contributed by atoms with E-state index in [0.717, 1.165) is 22.6 Å². The number of nitrogens with two attached hydrogens (primary N) is 1. The Balaban J connectivity index is 2.29. The second-order valence-corrected chi connectivity index (χ2v) is 3.62. The number of hydrogen-bond acceptors (Lipinski definition) is 4. The van der Waals surface area contributed by atoms with Crippen molar-refractivity contribution in [1.29, 1.82) is 0 Å². The number of aromatic nitrogens is 2. The molecule has 2 N–H and O–H groups in total. The van der Waals surface area contributed by atoms with Crippen LogP contribution in [-0.2, 0) is 0 Å². The van der Waals surface area contributed by atoms with Crippen molar-refractivity contribution in [3.05, 3.63) is 41.9 Å². The van der Waals surface area contributed by atoms with E-state index in [1.165, 1.54) is 0 Å². The lowest BCUT2D eigenvalue weighted by molar-refractivity contribution is 0.459. The monoisotopic (exact) mass is 215 g/mol. The molecule has 2 aromatic rings. The first-order chi connectivity index (χ1) is 7.66. The number of aryl methyl sites for hydroxylation is 2. The van der Waals surface area contributed by atoms with Crippen LogP contribution in [-0.4, -0.2) is 9.97 Å². The summed E-state index contributed by atoms with van der Waals surface area (Å²) < 4.78 is 5.57. The van der Waals surface area contributed by atoms with Crippen molar-refractivity contribution in [2.24, 2.45) is 0 Å². The van der Waals surface area contributed by atoms with Gasteiger partial charge in [0.25, 0.3) is 0 Å². The van der Waals surface area contributed by atoms with Crippen LogP contribution in [0.4, 0.5) is 5.69 Å². The third-order valence-corrected chi connectivity index (χ3v) is 2.33. The average Bonchev–Trinajstić information content (AvgIpc) is 2.27. The summed E-state index contributed by atoms with van der Waals surface area (Å²) in [5, 5.41) is 0. The van der Waals surface area contributed by atoms with E-state index in [-0.39, 0.29) is 0 Å². The largest absolute Gasteiger partial charge is 0.437 e. The Morgan fingerprint density at radius 1 is 1.12 bits per heavy atom. The zero-order valence-electron chi connectivity index (χ0n) is 9.27. The van der Waals surface area contributed by atoms with Gasteiger partial charge in [0.15, 0.2) is 0 Å². The van der Waals surface area contributed by atoms with Crippen LogP contribution in [0.25, 0.3) is 0 Å². The lowest BCUT2D eigenvalue weighted by Crippen LogP contribution is -1.95. The van der Waals surface area contributed by atoms with Gasteiger partial charge in [-0.05, 0) is 37.1 Å². The molecule has 4 nitrogen and oxygen atoms in total. The normalized spacial score (nSPS) is 10.1. The molecule has 0 saturated heterocycles. The van der Waals surface area contributed by atoms with E-state index in [1.54, 1.807) is 18.6 Å². The van der Waals surface area contributed by atoms with Gasteiger partial charge < -0.3 is 10.5 Å². The van der Waals surface area contributed by atoms with Crippen LogP contribution in [0, 0.1) is 13.8 Å². The van der Waals surface area contributed by atoms with Crippen LogP contribution in [0.2, 0.25) is 0 Å². The molecular weight excluding hydrogens is 202 g/mol. The molecule has 0 aliphatic heterocycles. The Bertz CT molecular complexity index is 474. The molecule has 0 radical (unpaired) electrons. The highest BCUT2D eigenvalue weighted by Gasteiger charge is 2.04. The molecule has 0 spiro atoms. The summed E-state index contributed by atoms with van der Waals surface area (Å²) >= 11 is 0. The van der Waals surface area contributed by atoms with E-state index in [4.69, 9.17) is 10.5 Å². The molecule has 1 aromatic carbocycles. The molecule has 2 rings (SSSR count). The zero-order valence-corrected chi connectivity index (χ0v) is 9.27. The van der Waals surface area contributed by atoms with Crippen LogP contribution >= 0.6 is 0 Å². The van der Waals surface area contributed by atoms with Gasteiger partial charge in [0.2, 0.25) is 5.88 Å². The summed E-state index contributed by atoms with van der Waals surface area (Å²) in [6, 6.07) is 3.77. The zero-order chi connectivity index (χ0) is 11.5. The lowest BCUT2D eigenvalue weighted by Gasteiger charge is -2.09. The molecule has 0 aliphatic rings. The van der Waals surface area contributed by atoms with Crippen molar-refractivity contribution >= 4 is 5.69 Å². The summed E-state index contributed by atoms with van der Waals surface area (Å²) in [6.07, 6.45) is 4.76. The number of ether oxygens (including phenoxy) is 1. The molecule has 4 heteroatoms. The van der Waals surface area contributed by atoms with Crippen LogP contribution in [0.5, 0.6) is 11.6 Å². The van der Waals surface area contributed by atoms with Gasteiger partial charge >= 0.3 is 0 Å². The van der Waals surface area contributed by atoms with E-state index in [0.29, 0.717) is 5.88 Å². The topological polar surface area (TPSA) is 61.0 Å². The number of benzene rings is 1. The first-order valence-corrected chi connectivity index (χ1v) is 4.97. The Morgan fingerprint density at radius 3 is 2.38 bits per heavy atom. The fraction of sp³-hybridized carbons (Fsp3) is 0.167. The van der Waals surface area contributed by atoms with E-state index >= 15 is 0 Å². The molecule has 0 saturated carbocycles. The third kappa shape index (κ3) is 2.11. The quantitative estimate of drug-likeness (QED) is 0.782. The summed E-state index contributed by atoms with van der Waals surface area (Å²) in [4.78, 5) is 7.97. The smallest absolute Gasteiger partial charge is 0.237 e. The van der Waals surface area contributed by atoms with Gasteiger partial charge in [0.1, 0.15) is 5.75 Å². The molecule has 16 heavy (non-hydrogen) atoms. The third-order valence-electron chi connectivity index (χ3n) is 2.33. The molecule has 0 aliphatic carbocycles. The first-order valence-electron chi connectivity index (χ1n) is 4.97. The maximum absolute atomic E-state index is 5.86. The van der Waals surface area contributed by atoms with Gasteiger partial charge in [-0.1, -0.05) is 0 Å². The molecule has 1 aromatic heterocycles. The van der Waals surface area contributed by atoms with Gasteiger partial charge in [-0.3, -0.25) is 4.98 Å². The van der Waals surface area contributed by atoms with Crippen molar-refractivity contribution < 1.29 is 4.74 Å². The summed E-state index contributed by atoms with van der Waals surface area (Å²) in [5.41, 5.74) is 8.66. The van der Waals surface area contributed by atoms with Gasteiger partial charge in [0, 0.05) is 18.1 Å². The fourth-order valence-electron chi connectivity index (χ4n) is 1.45. The first kappa shape index (κ1) is 10.4. The van der Waals surface area contributed by atoms with Crippen LogP contribution in [0.15, 0.2) is 30.7 Å². The maximum atomic E-state index is 5.86. The highest BCUT2D eigenvalue weighted by atomic mass is 16.5. The van der Waals surface area contributed by atoms with E-state index < -0.39 is 0 Å². The van der Waals surface area contributed by atoms with E-state index in [2.05, 4.69) is 9.97 Å². The van der Waals surface area contributed by atoms with Crippen LogP contribution in [0.1, 0.15) is 11.1 Å². The van der Waals surface area contributed by atoms with Crippen molar-refractivity contribution in [3.8, 4) is 11.6 Å². The number of nitrogen functional groups attached to an aromatic ring is 1. The van der Waals surface area contributed by atoms with Gasteiger partial charge in [-0.2, -0.15) is 0 Å². The minimum Gasteiger partial charge on any atom is -0.437 e. The van der Waals surface area contributed by atoms with Crippen molar-refractivity contribution in [3.63, 3.8) is 0 Å². The van der Waals surface area contributed by atoms with Crippen molar-refractivity contribution in [2.75, 3.05) is 5.73 Å². The van der Waals surface area contributed by atoms with Crippen LogP contribution < -0.4 is 10.5 Å². The number of rotatable bonds is 2. The summed E-state index contributed by atoms with van der Waals surface area (Å²) in [6.45, 7) is 3.90. The predicted octanol–water partition coefficient (Wildman–Crippen LogP) is 2.47.